The molecule has 0 saturated carbocycles. The molecule has 5 rings (SSSR count). The van der Waals surface area contributed by atoms with E-state index in [1.165, 1.54) is 24.3 Å². The second kappa shape index (κ2) is 35.9. The second-order valence-corrected chi connectivity index (χ2v) is 23.6. The van der Waals surface area contributed by atoms with Crippen molar-refractivity contribution in [2.75, 3.05) is 50.9 Å². The lowest BCUT2D eigenvalue weighted by molar-refractivity contribution is -0.300. The summed E-state index contributed by atoms with van der Waals surface area (Å²) >= 11 is 0. The summed E-state index contributed by atoms with van der Waals surface area (Å²) in [6.45, 7) is -1.83. The predicted molar refractivity (Wildman–Crippen MR) is 319 cm³/mol. The molecular weight excluding hydrogens is 1210 g/mol. The zero-order chi connectivity index (χ0) is 65.3. The number of phenolic OH excluding ortho intramolecular Hbond substituents is 1. The van der Waals surface area contributed by atoms with Crippen molar-refractivity contribution in [1.82, 2.24) is 47.4 Å². The second-order valence-electron chi connectivity index (χ2n) is 21.1. The van der Waals surface area contributed by atoms with Crippen LogP contribution in [0.1, 0.15) is 56.1 Å². The molecule has 13 atom stereocenters. The lowest BCUT2D eigenvalue weighted by atomic mass is 9.99. The van der Waals surface area contributed by atoms with Crippen molar-refractivity contribution in [1.29, 1.82) is 0 Å². The number of nitrogens with two attached hydrogens (primary N) is 5. The first-order valence-electron chi connectivity index (χ1n) is 28.4. The Bertz CT molecular complexity index is 2810. The third kappa shape index (κ3) is 23.2. The minimum absolute atomic E-state index is 0.0192. The third-order valence-electron chi connectivity index (χ3n) is 14.2. The number of amides is 11. The number of aliphatic imine (C=N–C) groups is 1. The van der Waals surface area contributed by atoms with E-state index in [2.05, 4.69) is 47.5 Å². The molecule has 3 saturated heterocycles. The van der Waals surface area contributed by atoms with Crippen molar-refractivity contribution >= 4 is 92.5 Å². The van der Waals surface area contributed by atoms with Crippen LogP contribution in [0.4, 0.5) is 0 Å². The fraction of sp³-hybridized carbons (Fsp3) is 0.556. The molecule has 11 amide bonds. The van der Waals surface area contributed by atoms with E-state index in [-0.39, 0.29) is 88.0 Å². The van der Waals surface area contributed by atoms with E-state index in [1.807, 2.05) is 0 Å². The normalized spacial score (nSPS) is 26.1. The van der Waals surface area contributed by atoms with E-state index in [4.69, 9.17) is 38.1 Å². The maximum absolute atomic E-state index is 14.8. The van der Waals surface area contributed by atoms with Gasteiger partial charge in [-0.25, -0.2) is 0 Å². The number of aliphatic hydroxyl groups is 4. The number of hydrogen-bond acceptors (Lipinski definition) is 22. The lowest BCUT2D eigenvalue weighted by Crippen LogP contribution is -2.61. The van der Waals surface area contributed by atoms with Gasteiger partial charge in [0.05, 0.1) is 32.2 Å². The summed E-state index contributed by atoms with van der Waals surface area (Å²) in [4.78, 5) is 157. The number of carbonyl (C=O) groups is 11. The van der Waals surface area contributed by atoms with Crippen molar-refractivity contribution in [3.63, 3.8) is 0 Å². The number of nitrogens with zero attached hydrogens (tertiary/aromatic N) is 2. The molecule has 0 spiro atoms. The number of carbonyl (C=O) groups excluding carboxylic acids is 11. The number of likely N-dealkylation sites (tertiary alicyclic amines) is 1. The number of nitrogens with one attached hydrogen (secondary N) is 8. The molecule has 89 heavy (non-hydrogen) atoms. The first-order valence-corrected chi connectivity index (χ1v) is 30.9. The number of aromatic hydroxyl groups is 1. The van der Waals surface area contributed by atoms with Gasteiger partial charge in [0, 0.05) is 50.4 Å². The topological polar surface area (TPSA) is 549 Å². The van der Waals surface area contributed by atoms with E-state index < -0.39 is 176 Å². The first kappa shape index (κ1) is 71.8. The van der Waals surface area contributed by atoms with Gasteiger partial charge in [-0.15, -0.1) is 0 Å². The standard InChI is InChI=1S/C54H79N15O18S2/c55-30-25-88-89-26-36(52(85)69-18-5-9-37(69)51(84)64-31(8-4-16-61-54(58)59)46(79)62-23-41(74)60-17-19-86-53-44(77)43(76)42(75)38(24-70)87-53)68-50(83)35(22-40(57)73)67-47(80)32(14-15-39(56)72)63-48(81)34(20-27-6-2-1-3-7-27)66-49(82)33(65-45(30)78)21-28-10-12-29(71)13-11-28/h1-3,6-7,10-13,30-38,42-44,53,70-71,75-77H,4-5,8-9,14-26,55H2,(H2,56,72)(H2,57,73)(H,60,74)(H,62,79)(H,63,81)(H,64,84)(H,65,78)(H,66,82)(H,67,80)(H,68,83)(H4,58,59,61)/t30-,31-,32-,33-,34-,35-,36-,37-,38+,42-,43-,44+,53+/m0/s1. The Morgan fingerprint density at radius 2 is 1.35 bits per heavy atom. The number of benzene rings is 2. The molecule has 0 aromatic heterocycles. The van der Waals surface area contributed by atoms with Crippen LogP contribution in [-0.4, -0.2) is 231 Å². The molecule has 0 unspecified atom stereocenters. The van der Waals surface area contributed by atoms with E-state index in [0.717, 1.165) is 26.5 Å². The van der Waals surface area contributed by atoms with Crippen molar-refractivity contribution in [3.05, 3.63) is 65.7 Å². The molecule has 2 aromatic carbocycles. The number of aliphatic hydroxyl groups excluding tert-OH is 4. The highest BCUT2D eigenvalue weighted by atomic mass is 33.1. The SMILES string of the molecule is NC(=O)CC[C@@H]1NC(=O)[C@H](Cc2ccccc2)NC(=O)[C@H](Cc2ccc(O)cc2)NC(=O)[C@@H](N)CSSC[C@@H](C(=O)N2CCC[C@H]2C(=O)N[C@@H](CCCN=C(N)N)C(=O)NCC(=O)NCCO[C@@H]2O[C@H](CO)[C@H](O)[C@H](O)[C@H]2O)NC(=O)[C@H](CC(N)=O)NC1=O. The largest absolute Gasteiger partial charge is 0.508 e. The summed E-state index contributed by atoms with van der Waals surface area (Å²) in [5, 5.41) is 69.9. The Morgan fingerprint density at radius 1 is 0.742 bits per heavy atom. The highest BCUT2D eigenvalue weighted by Gasteiger charge is 2.45. The van der Waals surface area contributed by atoms with Crippen LogP contribution < -0.4 is 71.2 Å². The third-order valence-corrected chi connectivity index (χ3v) is 16.6. The molecule has 3 aliphatic rings. The van der Waals surface area contributed by atoms with E-state index >= 15 is 0 Å². The molecule has 490 valence electrons. The van der Waals surface area contributed by atoms with Crippen LogP contribution in [0, 0.1) is 0 Å². The van der Waals surface area contributed by atoms with Crippen molar-refractivity contribution < 1.29 is 87.7 Å². The van der Waals surface area contributed by atoms with Gasteiger partial charge in [0.1, 0.15) is 72.5 Å². The van der Waals surface area contributed by atoms with E-state index in [0.29, 0.717) is 11.1 Å². The Labute approximate surface area is 518 Å². The Morgan fingerprint density at radius 3 is 1.99 bits per heavy atom. The van der Waals surface area contributed by atoms with Crippen LogP contribution in [0.15, 0.2) is 59.6 Å². The number of primary amides is 2. The van der Waals surface area contributed by atoms with Gasteiger partial charge in [-0.3, -0.25) is 57.7 Å². The number of rotatable bonds is 24. The molecule has 0 radical (unpaired) electrons. The van der Waals surface area contributed by atoms with Crippen LogP contribution >= 0.6 is 21.6 Å². The molecule has 3 fully saturated rings. The Balaban J connectivity index is 1.37. The number of ether oxygens (including phenoxy) is 2. The van der Waals surface area contributed by atoms with Crippen molar-refractivity contribution in [3.8, 4) is 5.75 Å². The van der Waals surface area contributed by atoms with Crippen molar-refractivity contribution in [2.45, 2.75) is 137 Å². The Kier molecular flexibility index (Phi) is 29.0. The van der Waals surface area contributed by atoms with Crippen LogP contribution in [0.2, 0.25) is 0 Å². The van der Waals surface area contributed by atoms with Gasteiger partial charge in [-0.1, -0.05) is 64.1 Å². The summed E-state index contributed by atoms with van der Waals surface area (Å²) in [5.41, 5.74) is 29.4. The lowest BCUT2D eigenvalue weighted by Gasteiger charge is -2.39. The quantitative estimate of drug-likeness (QED) is 0.0201. The zero-order valence-electron chi connectivity index (χ0n) is 48.4. The maximum atomic E-state index is 14.8. The highest BCUT2D eigenvalue weighted by molar-refractivity contribution is 8.76. The number of guanidine groups is 1. The minimum Gasteiger partial charge on any atom is -0.508 e. The Hall–Kier alpha value is -7.90. The van der Waals surface area contributed by atoms with Crippen LogP contribution in [0.3, 0.4) is 0 Å². The summed E-state index contributed by atoms with van der Waals surface area (Å²) in [6.07, 6.45) is -9.50. The molecule has 3 heterocycles. The molecule has 2 aromatic rings. The minimum atomic E-state index is -1.84. The monoisotopic (exact) mass is 1290 g/mol. The fourth-order valence-corrected chi connectivity index (χ4v) is 11.7. The van der Waals surface area contributed by atoms with Gasteiger partial charge in [0.2, 0.25) is 65.0 Å². The summed E-state index contributed by atoms with van der Waals surface area (Å²) in [6, 6.07) is 2.26. The molecule has 23 N–H and O–H groups in total. The van der Waals surface area contributed by atoms with Crippen molar-refractivity contribution in [2.24, 2.45) is 33.7 Å². The molecule has 0 bridgehead atoms. The fourth-order valence-electron chi connectivity index (χ4n) is 9.43. The van der Waals surface area contributed by atoms with Crippen LogP contribution in [-0.2, 0) is 75.1 Å². The maximum Gasteiger partial charge on any atom is 0.246 e. The molecular formula is C54H79N15O18S2. The predicted octanol–water partition coefficient (Wildman–Crippen LogP) is -7.96. The summed E-state index contributed by atoms with van der Waals surface area (Å²) < 4.78 is 10.6. The molecule has 0 aliphatic carbocycles. The average molecular weight is 1290 g/mol. The van der Waals surface area contributed by atoms with Gasteiger partial charge >= 0.3 is 0 Å². The van der Waals surface area contributed by atoms with Gasteiger partial charge in [0.15, 0.2) is 12.2 Å². The summed E-state index contributed by atoms with van der Waals surface area (Å²) in [7, 11) is 1.94. The van der Waals surface area contributed by atoms with E-state index in [9.17, 15) is 78.3 Å². The van der Waals surface area contributed by atoms with Gasteiger partial charge < -0.3 is 111 Å². The summed E-state index contributed by atoms with van der Waals surface area (Å²) in [5.74, 6) is -10.9. The van der Waals surface area contributed by atoms with Gasteiger partial charge in [-0.05, 0) is 55.4 Å². The zero-order valence-corrected chi connectivity index (χ0v) is 50.0. The van der Waals surface area contributed by atoms with E-state index in [1.54, 1.807) is 30.3 Å². The van der Waals surface area contributed by atoms with Crippen LogP contribution in [0.25, 0.3) is 0 Å². The average Bonchev–Trinajstić information content (AvgIpc) is 3.03. The van der Waals surface area contributed by atoms with Gasteiger partial charge in [0.25, 0.3) is 0 Å². The molecule has 35 heteroatoms. The molecule has 33 nitrogen and oxygen atoms in total. The number of hydrogen-bond donors (Lipinski definition) is 18. The smallest absolute Gasteiger partial charge is 0.246 e. The first-order chi connectivity index (χ1) is 42.3. The van der Waals surface area contributed by atoms with Crippen LogP contribution in [0.5, 0.6) is 5.75 Å². The highest BCUT2D eigenvalue weighted by Crippen LogP contribution is 2.27. The molecule has 3 aliphatic heterocycles. The number of phenols is 1. The van der Waals surface area contributed by atoms with Gasteiger partial charge in [-0.2, -0.15) is 0 Å².